The molecule has 7 heteroatoms. The predicted octanol–water partition coefficient (Wildman–Crippen LogP) is 1.62. The molecule has 1 N–H and O–H groups in total. The molecule has 3 rings (SSSR count). The Kier molecular flexibility index (Phi) is 2.86. The number of hydrogen-bond donors (Lipinski definition) is 1. The van der Waals surface area contributed by atoms with Crippen LogP contribution in [-0.4, -0.2) is 26.2 Å². The molecule has 0 unspecified atom stereocenters. The van der Waals surface area contributed by atoms with Gasteiger partial charge in [-0.1, -0.05) is 5.16 Å². The summed E-state index contributed by atoms with van der Waals surface area (Å²) < 4.78 is 10.5. The molecule has 2 aromatic rings. The van der Waals surface area contributed by atoms with E-state index in [1.54, 1.807) is 12.1 Å². The number of pyridine rings is 1. The fourth-order valence-corrected chi connectivity index (χ4v) is 1.63. The number of nitrogens with zero attached hydrogens (tertiary/aromatic N) is 3. The van der Waals surface area contributed by atoms with Crippen molar-refractivity contribution in [1.82, 2.24) is 15.1 Å². The van der Waals surface area contributed by atoms with Gasteiger partial charge >= 0.3 is 5.97 Å². The molecule has 0 spiro atoms. The van der Waals surface area contributed by atoms with E-state index in [0.717, 1.165) is 12.8 Å². The maximum absolute atomic E-state index is 10.9. The quantitative estimate of drug-likeness (QED) is 0.872. The second-order valence-corrected chi connectivity index (χ2v) is 4.27. The standard InChI is InChI=1S/C12H11N3O4/c16-12(17)10-8(2-1-5-13-10)18-6-9-14-11(19-15-9)7-3-4-7/h1-2,5,7H,3-4,6H2,(H,16,17). The van der Waals surface area contributed by atoms with Crippen molar-refractivity contribution < 1.29 is 19.2 Å². The topological polar surface area (TPSA) is 98.3 Å². The smallest absolute Gasteiger partial charge is 0.358 e. The van der Waals surface area contributed by atoms with E-state index in [9.17, 15) is 4.79 Å². The van der Waals surface area contributed by atoms with Crippen LogP contribution in [-0.2, 0) is 6.61 Å². The first kappa shape index (κ1) is 11.6. The first-order valence-corrected chi connectivity index (χ1v) is 5.87. The lowest BCUT2D eigenvalue weighted by Crippen LogP contribution is -2.06. The molecule has 1 aliphatic carbocycles. The molecule has 1 aliphatic rings. The predicted molar refractivity (Wildman–Crippen MR) is 61.8 cm³/mol. The number of carboxylic acids is 1. The van der Waals surface area contributed by atoms with Gasteiger partial charge in [-0.2, -0.15) is 4.98 Å². The van der Waals surface area contributed by atoms with Gasteiger partial charge in [-0.05, 0) is 25.0 Å². The summed E-state index contributed by atoms with van der Waals surface area (Å²) in [4.78, 5) is 18.9. The fraction of sp³-hybridized carbons (Fsp3) is 0.333. The van der Waals surface area contributed by atoms with E-state index in [-0.39, 0.29) is 18.1 Å². The average Bonchev–Trinajstić information content (AvgIpc) is 3.16. The van der Waals surface area contributed by atoms with Crippen molar-refractivity contribution in [3.05, 3.63) is 35.7 Å². The summed E-state index contributed by atoms with van der Waals surface area (Å²) in [6.07, 6.45) is 3.55. The molecule has 7 nitrogen and oxygen atoms in total. The van der Waals surface area contributed by atoms with Crippen LogP contribution in [0, 0.1) is 0 Å². The van der Waals surface area contributed by atoms with Gasteiger partial charge in [0.2, 0.25) is 11.7 Å². The van der Waals surface area contributed by atoms with Crippen molar-refractivity contribution in [3.8, 4) is 5.75 Å². The number of aromatic nitrogens is 3. The summed E-state index contributed by atoms with van der Waals surface area (Å²) in [5.41, 5.74) is -0.131. The van der Waals surface area contributed by atoms with Gasteiger partial charge in [0.25, 0.3) is 0 Å². The Hall–Kier alpha value is -2.44. The lowest BCUT2D eigenvalue weighted by atomic mass is 10.3. The minimum Gasteiger partial charge on any atom is -0.483 e. The van der Waals surface area contributed by atoms with Crippen molar-refractivity contribution in [2.24, 2.45) is 0 Å². The fourth-order valence-electron chi connectivity index (χ4n) is 1.63. The monoisotopic (exact) mass is 261 g/mol. The summed E-state index contributed by atoms with van der Waals surface area (Å²) in [6, 6.07) is 3.14. The van der Waals surface area contributed by atoms with Crippen LogP contribution in [0.1, 0.15) is 41.0 Å². The highest BCUT2D eigenvalue weighted by Gasteiger charge is 2.29. The van der Waals surface area contributed by atoms with E-state index in [1.807, 2.05) is 0 Å². The van der Waals surface area contributed by atoms with E-state index in [0.29, 0.717) is 17.6 Å². The van der Waals surface area contributed by atoms with Gasteiger partial charge in [0, 0.05) is 12.1 Å². The number of hydrogen-bond acceptors (Lipinski definition) is 6. The van der Waals surface area contributed by atoms with Crippen molar-refractivity contribution in [2.45, 2.75) is 25.4 Å². The van der Waals surface area contributed by atoms with Crippen molar-refractivity contribution >= 4 is 5.97 Å². The van der Waals surface area contributed by atoms with Crippen LogP contribution < -0.4 is 4.74 Å². The van der Waals surface area contributed by atoms with E-state index in [4.69, 9.17) is 14.4 Å². The van der Waals surface area contributed by atoms with Gasteiger partial charge in [-0.3, -0.25) is 0 Å². The highest BCUT2D eigenvalue weighted by molar-refractivity contribution is 5.88. The van der Waals surface area contributed by atoms with E-state index < -0.39 is 5.97 Å². The Morgan fingerprint density at radius 1 is 1.53 bits per heavy atom. The summed E-state index contributed by atoms with van der Waals surface area (Å²) in [6.45, 7) is 0.0577. The summed E-state index contributed by atoms with van der Waals surface area (Å²) in [5.74, 6) is 0.467. The van der Waals surface area contributed by atoms with Crippen LogP contribution in [0.2, 0.25) is 0 Å². The molecule has 0 bridgehead atoms. The van der Waals surface area contributed by atoms with Gasteiger partial charge in [-0.25, -0.2) is 9.78 Å². The number of ether oxygens (including phenoxy) is 1. The first-order valence-electron chi connectivity index (χ1n) is 5.87. The average molecular weight is 261 g/mol. The summed E-state index contributed by atoms with van der Waals surface area (Å²) >= 11 is 0. The highest BCUT2D eigenvalue weighted by atomic mass is 16.5. The Morgan fingerprint density at radius 2 is 2.37 bits per heavy atom. The molecule has 19 heavy (non-hydrogen) atoms. The minimum atomic E-state index is -1.14. The number of aromatic carboxylic acids is 1. The largest absolute Gasteiger partial charge is 0.483 e. The van der Waals surface area contributed by atoms with Crippen molar-refractivity contribution in [2.75, 3.05) is 0 Å². The third-order valence-electron chi connectivity index (χ3n) is 2.74. The van der Waals surface area contributed by atoms with Crippen LogP contribution in [0.3, 0.4) is 0 Å². The SMILES string of the molecule is O=C(O)c1ncccc1OCc1noc(C2CC2)n1. The van der Waals surface area contributed by atoms with Crippen LogP contribution in [0.4, 0.5) is 0 Å². The van der Waals surface area contributed by atoms with E-state index in [1.165, 1.54) is 6.20 Å². The Morgan fingerprint density at radius 3 is 3.11 bits per heavy atom. The summed E-state index contributed by atoms with van der Waals surface area (Å²) in [5, 5.41) is 12.7. The summed E-state index contributed by atoms with van der Waals surface area (Å²) in [7, 11) is 0. The van der Waals surface area contributed by atoms with Gasteiger partial charge in [-0.15, -0.1) is 0 Å². The van der Waals surface area contributed by atoms with Gasteiger partial charge in [0.15, 0.2) is 18.1 Å². The second kappa shape index (κ2) is 4.68. The third-order valence-corrected chi connectivity index (χ3v) is 2.74. The Bertz CT molecular complexity index is 607. The maximum Gasteiger partial charge on any atom is 0.358 e. The minimum absolute atomic E-state index is 0.0577. The normalized spacial score (nSPS) is 14.3. The molecule has 2 aromatic heterocycles. The molecule has 0 amide bonds. The molecule has 0 saturated heterocycles. The van der Waals surface area contributed by atoms with Gasteiger partial charge in [0.1, 0.15) is 0 Å². The molecular weight excluding hydrogens is 250 g/mol. The second-order valence-electron chi connectivity index (χ2n) is 4.27. The van der Waals surface area contributed by atoms with Crippen LogP contribution in [0.15, 0.2) is 22.9 Å². The molecule has 0 aliphatic heterocycles. The molecule has 0 aromatic carbocycles. The zero-order valence-electron chi connectivity index (χ0n) is 9.94. The van der Waals surface area contributed by atoms with Gasteiger partial charge in [0.05, 0.1) is 0 Å². The molecular formula is C12H11N3O4. The lowest BCUT2D eigenvalue weighted by molar-refractivity contribution is 0.0684. The number of carbonyl (C=O) groups is 1. The number of rotatable bonds is 5. The van der Waals surface area contributed by atoms with Crippen LogP contribution in [0.25, 0.3) is 0 Å². The lowest BCUT2D eigenvalue weighted by Gasteiger charge is -2.05. The third kappa shape index (κ3) is 2.54. The molecule has 0 atom stereocenters. The van der Waals surface area contributed by atoms with Crippen molar-refractivity contribution in [1.29, 1.82) is 0 Å². The highest BCUT2D eigenvalue weighted by Crippen LogP contribution is 2.38. The van der Waals surface area contributed by atoms with Crippen LogP contribution in [0.5, 0.6) is 5.75 Å². The zero-order chi connectivity index (χ0) is 13.2. The molecule has 2 heterocycles. The number of carboxylic acid groups (broad SMARTS) is 1. The molecule has 1 saturated carbocycles. The van der Waals surface area contributed by atoms with Gasteiger partial charge < -0.3 is 14.4 Å². The van der Waals surface area contributed by atoms with E-state index in [2.05, 4.69) is 15.1 Å². The zero-order valence-corrected chi connectivity index (χ0v) is 9.94. The Balaban J connectivity index is 1.69. The molecule has 1 fully saturated rings. The Labute approximate surface area is 108 Å². The maximum atomic E-state index is 10.9. The van der Waals surface area contributed by atoms with Crippen molar-refractivity contribution in [3.63, 3.8) is 0 Å². The van der Waals surface area contributed by atoms with Crippen LogP contribution >= 0.6 is 0 Å². The first-order chi connectivity index (χ1) is 9.24. The molecule has 0 radical (unpaired) electrons. The molecule has 98 valence electrons. The van der Waals surface area contributed by atoms with E-state index >= 15 is 0 Å².